The zero-order valence-corrected chi connectivity index (χ0v) is 14.7. The average Bonchev–Trinajstić information content (AvgIpc) is 2.91. The highest BCUT2D eigenvalue weighted by Crippen LogP contribution is 2.38. The summed E-state index contributed by atoms with van der Waals surface area (Å²) in [6, 6.07) is 11.8. The first-order valence-electron chi connectivity index (χ1n) is 7.27. The van der Waals surface area contributed by atoms with Crippen molar-refractivity contribution < 1.29 is 0 Å². The van der Waals surface area contributed by atoms with E-state index in [1.807, 2.05) is 11.3 Å². The van der Waals surface area contributed by atoms with Gasteiger partial charge < -0.3 is 5.32 Å². The first-order chi connectivity index (χ1) is 9.78. The molecule has 1 nitrogen and oxygen atoms in total. The maximum atomic E-state index is 3.51. The lowest BCUT2D eigenvalue weighted by atomic mass is 9.79. The Balaban J connectivity index is 1.80. The second-order valence-corrected chi connectivity index (χ2v) is 8.35. The van der Waals surface area contributed by atoms with Crippen LogP contribution in [0.4, 0.5) is 0 Å². The van der Waals surface area contributed by atoms with Gasteiger partial charge in [-0.2, -0.15) is 0 Å². The normalized spacial score (nSPS) is 19.6. The van der Waals surface area contributed by atoms with E-state index in [4.69, 9.17) is 0 Å². The Kier molecular flexibility index (Phi) is 4.79. The SMILES string of the molecule is CNC(CC1CCCc2ccccc21)c1csc(I)c1. The van der Waals surface area contributed by atoms with Gasteiger partial charge in [0.2, 0.25) is 0 Å². The maximum Gasteiger partial charge on any atom is 0.0656 e. The molecule has 2 atom stereocenters. The van der Waals surface area contributed by atoms with Crippen molar-refractivity contribution in [3.8, 4) is 0 Å². The molecule has 2 unspecified atom stereocenters. The summed E-state index contributed by atoms with van der Waals surface area (Å²) in [6.45, 7) is 0. The van der Waals surface area contributed by atoms with E-state index < -0.39 is 0 Å². The lowest BCUT2D eigenvalue weighted by molar-refractivity contribution is 0.440. The smallest absolute Gasteiger partial charge is 0.0656 e. The number of fused-ring (bicyclic) bond motifs is 1. The average molecular weight is 397 g/mol. The third kappa shape index (κ3) is 3.10. The van der Waals surface area contributed by atoms with Crippen LogP contribution >= 0.6 is 33.9 Å². The first kappa shape index (κ1) is 14.5. The van der Waals surface area contributed by atoms with Crippen molar-refractivity contribution in [1.29, 1.82) is 0 Å². The van der Waals surface area contributed by atoms with E-state index in [9.17, 15) is 0 Å². The van der Waals surface area contributed by atoms with Gasteiger partial charge in [0.05, 0.1) is 2.88 Å². The van der Waals surface area contributed by atoms with Crippen molar-refractivity contribution >= 4 is 33.9 Å². The van der Waals surface area contributed by atoms with Crippen molar-refractivity contribution in [2.24, 2.45) is 0 Å². The van der Waals surface area contributed by atoms with Crippen molar-refractivity contribution in [2.75, 3.05) is 7.05 Å². The van der Waals surface area contributed by atoms with Gasteiger partial charge >= 0.3 is 0 Å². The highest BCUT2D eigenvalue weighted by molar-refractivity contribution is 14.1. The molecule has 1 N–H and O–H groups in total. The minimum Gasteiger partial charge on any atom is -0.313 e. The van der Waals surface area contributed by atoms with Crippen LogP contribution in [0.5, 0.6) is 0 Å². The Morgan fingerprint density at radius 3 is 3.00 bits per heavy atom. The molecule has 1 heterocycles. The topological polar surface area (TPSA) is 12.0 Å². The van der Waals surface area contributed by atoms with Crippen LogP contribution < -0.4 is 5.32 Å². The van der Waals surface area contributed by atoms with Gasteiger partial charge in [-0.15, -0.1) is 11.3 Å². The van der Waals surface area contributed by atoms with Crippen LogP contribution in [0.2, 0.25) is 0 Å². The third-order valence-electron chi connectivity index (χ3n) is 4.35. The fraction of sp³-hybridized carbons (Fsp3) is 0.412. The van der Waals surface area contributed by atoms with E-state index in [2.05, 4.69) is 70.7 Å². The van der Waals surface area contributed by atoms with Crippen molar-refractivity contribution in [3.05, 3.63) is 55.3 Å². The summed E-state index contributed by atoms with van der Waals surface area (Å²) >= 11 is 4.25. The van der Waals surface area contributed by atoms with Crippen LogP contribution in [0, 0.1) is 2.88 Å². The second-order valence-electron chi connectivity index (χ2n) is 5.55. The Hall–Kier alpha value is -0.390. The van der Waals surface area contributed by atoms with Crippen molar-refractivity contribution in [1.82, 2.24) is 5.32 Å². The summed E-state index contributed by atoms with van der Waals surface area (Å²) in [5.41, 5.74) is 4.60. The van der Waals surface area contributed by atoms with Crippen molar-refractivity contribution in [3.63, 3.8) is 0 Å². The van der Waals surface area contributed by atoms with Gasteiger partial charge in [0.15, 0.2) is 0 Å². The van der Waals surface area contributed by atoms with Crippen LogP contribution in [-0.2, 0) is 6.42 Å². The molecular formula is C17H20INS. The summed E-state index contributed by atoms with van der Waals surface area (Å²) in [6.07, 6.45) is 5.13. The molecule has 3 rings (SSSR count). The van der Waals surface area contributed by atoms with Gasteiger partial charge in [0, 0.05) is 6.04 Å². The number of aryl methyl sites for hydroxylation is 1. The van der Waals surface area contributed by atoms with Crippen LogP contribution in [-0.4, -0.2) is 7.05 Å². The van der Waals surface area contributed by atoms with Crippen LogP contribution in [0.1, 0.15) is 47.9 Å². The van der Waals surface area contributed by atoms with Gasteiger partial charge in [0.1, 0.15) is 0 Å². The zero-order chi connectivity index (χ0) is 13.9. The molecular weight excluding hydrogens is 377 g/mol. The second kappa shape index (κ2) is 6.58. The fourth-order valence-electron chi connectivity index (χ4n) is 3.31. The molecule has 1 aliphatic carbocycles. The maximum absolute atomic E-state index is 3.51. The summed E-state index contributed by atoms with van der Waals surface area (Å²) in [5.74, 6) is 0.704. The van der Waals surface area contributed by atoms with Crippen LogP contribution in [0.15, 0.2) is 35.7 Å². The molecule has 0 saturated heterocycles. The number of benzene rings is 1. The standard InChI is InChI=1S/C17H20INS/c1-19-16(14-10-17(18)20-11-14)9-13-7-4-6-12-5-2-3-8-15(12)13/h2-3,5,8,10-11,13,16,19H,4,6-7,9H2,1H3. The molecule has 0 amide bonds. The fourth-order valence-corrected chi connectivity index (χ4v) is 4.74. The summed E-state index contributed by atoms with van der Waals surface area (Å²) in [5, 5.41) is 5.82. The Morgan fingerprint density at radius 2 is 2.25 bits per heavy atom. The summed E-state index contributed by atoms with van der Waals surface area (Å²) in [4.78, 5) is 0. The minimum absolute atomic E-state index is 0.478. The quantitative estimate of drug-likeness (QED) is 0.706. The summed E-state index contributed by atoms with van der Waals surface area (Å²) < 4.78 is 1.38. The molecule has 0 radical (unpaired) electrons. The van der Waals surface area contributed by atoms with E-state index in [1.165, 1.54) is 34.1 Å². The number of rotatable bonds is 4. The number of halogens is 1. The highest BCUT2D eigenvalue weighted by atomic mass is 127. The molecule has 3 heteroatoms. The van der Waals surface area contributed by atoms with Gasteiger partial charge in [0.25, 0.3) is 0 Å². The van der Waals surface area contributed by atoms with E-state index in [1.54, 1.807) is 11.1 Å². The molecule has 1 aromatic heterocycles. The first-order valence-corrected chi connectivity index (χ1v) is 9.22. The van der Waals surface area contributed by atoms with Gasteiger partial charge in [-0.05, 0) is 89.4 Å². The zero-order valence-electron chi connectivity index (χ0n) is 11.7. The Labute approximate surface area is 138 Å². The van der Waals surface area contributed by atoms with Gasteiger partial charge in [-0.3, -0.25) is 0 Å². The van der Waals surface area contributed by atoms with Gasteiger partial charge in [-0.25, -0.2) is 0 Å². The Morgan fingerprint density at radius 1 is 1.40 bits per heavy atom. The van der Waals surface area contributed by atoms with E-state index in [0.717, 1.165) is 0 Å². The Bertz CT molecular complexity index is 578. The molecule has 1 aliphatic rings. The largest absolute Gasteiger partial charge is 0.313 e. The monoisotopic (exact) mass is 397 g/mol. The number of hydrogen-bond donors (Lipinski definition) is 1. The van der Waals surface area contributed by atoms with E-state index >= 15 is 0 Å². The molecule has 0 aliphatic heterocycles. The van der Waals surface area contributed by atoms with Gasteiger partial charge in [-0.1, -0.05) is 24.3 Å². The van der Waals surface area contributed by atoms with Crippen LogP contribution in [0.3, 0.4) is 0 Å². The molecule has 2 aromatic rings. The minimum atomic E-state index is 0.478. The molecule has 0 fully saturated rings. The lowest BCUT2D eigenvalue weighted by Crippen LogP contribution is -2.21. The third-order valence-corrected chi connectivity index (χ3v) is 6.16. The predicted molar refractivity (Wildman–Crippen MR) is 95.6 cm³/mol. The number of hydrogen-bond acceptors (Lipinski definition) is 2. The van der Waals surface area contributed by atoms with Crippen LogP contribution in [0.25, 0.3) is 0 Å². The molecule has 106 valence electrons. The van der Waals surface area contributed by atoms with E-state index in [-0.39, 0.29) is 0 Å². The summed E-state index contributed by atoms with van der Waals surface area (Å²) in [7, 11) is 2.09. The molecule has 0 bridgehead atoms. The lowest BCUT2D eigenvalue weighted by Gasteiger charge is -2.28. The van der Waals surface area contributed by atoms with E-state index in [0.29, 0.717) is 12.0 Å². The number of thiophene rings is 1. The predicted octanol–water partition coefficient (Wildman–Crippen LogP) is 5.12. The molecule has 0 saturated carbocycles. The molecule has 0 spiro atoms. The highest BCUT2D eigenvalue weighted by Gasteiger charge is 2.23. The number of nitrogens with one attached hydrogen (secondary N) is 1. The van der Waals surface area contributed by atoms with Crippen molar-refractivity contribution in [2.45, 2.75) is 37.6 Å². The molecule has 20 heavy (non-hydrogen) atoms. The molecule has 1 aromatic carbocycles.